The minimum absolute atomic E-state index is 0.157. The van der Waals surface area contributed by atoms with E-state index in [0.717, 1.165) is 28.8 Å². The van der Waals surface area contributed by atoms with Gasteiger partial charge in [-0.2, -0.15) is 9.07 Å². The predicted octanol–water partition coefficient (Wildman–Crippen LogP) is 4.83. The van der Waals surface area contributed by atoms with Crippen molar-refractivity contribution < 1.29 is 8.91 Å². The molecule has 0 amide bonds. The van der Waals surface area contributed by atoms with Crippen LogP contribution in [0, 0.1) is 18.8 Å². The Balaban J connectivity index is 1.21. The van der Waals surface area contributed by atoms with Crippen LogP contribution in [0.3, 0.4) is 0 Å². The van der Waals surface area contributed by atoms with E-state index in [9.17, 15) is 4.79 Å². The molecular weight excluding hydrogens is 523 g/mol. The number of halogens is 2. The molecule has 0 bridgehead atoms. The molecule has 10 nitrogen and oxygen atoms in total. The lowest BCUT2D eigenvalue weighted by Gasteiger charge is -2.17. The van der Waals surface area contributed by atoms with Gasteiger partial charge in [0, 0.05) is 39.2 Å². The number of fused-ring (bicyclic) bond motifs is 4. The molecule has 1 saturated carbocycles. The second-order valence-corrected chi connectivity index (χ2v) is 10.4. The van der Waals surface area contributed by atoms with Crippen molar-refractivity contribution in [1.29, 1.82) is 0 Å². The minimum atomic E-state index is -0.555. The van der Waals surface area contributed by atoms with Gasteiger partial charge in [-0.3, -0.25) is 4.79 Å². The van der Waals surface area contributed by atoms with Crippen LogP contribution in [0.1, 0.15) is 35.6 Å². The number of pyridine rings is 1. The van der Waals surface area contributed by atoms with E-state index in [1.54, 1.807) is 34.9 Å². The third-order valence-corrected chi connectivity index (χ3v) is 7.99. The molecule has 12 heteroatoms. The van der Waals surface area contributed by atoms with Crippen molar-refractivity contribution in [3.05, 3.63) is 93.4 Å². The van der Waals surface area contributed by atoms with Crippen molar-refractivity contribution in [3.63, 3.8) is 0 Å². The second kappa shape index (κ2) is 7.93. The number of tetrazole rings is 1. The molecule has 1 fully saturated rings. The van der Waals surface area contributed by atoms with E-state index in [1.807, 2.05) is 25.1 Å². The van der Waals surface area contributed by atoms with Gasteiger partial charge in [-0.1, -0.05) is 22.8 Å². The van der Waals surface area contributed by atoms with Gasteiger partial charge < -0.3 is 14.1 Å². The highest BCUT2D eigenvalue weighted by Gasteiger charge is 2.54. The van der Waals surface area contributed by atoms with E-state index in [-0.39, 0.29) is 29.1 Å². The average Bonchev–Trinajstić information content (AvgIpc) is 3.30. The van der Waals surface area contributed by atoms with Crippen LogP contribution in [-0.2, 0) is 0 Å². The van der Waals surface area contributed by atoms with Crippen LogP contribution in [0.25, 0.3) is 39.0 Å². The number of aryl methyl sites for hydroxylation is 1. The van der Waals surface area contributed by atoms with Crippen LogP contribution in [-0.4, -0.2) is 39.9 Å². The Kier molecular flexibility index (Phi) is 4.55. The van der Waals surface area contributed by atoms with Crippen LogP contribution in [0.15, 0.2) is 64.2 Å². The number of imidazole rings is 1. The van der Waals surface area contributed by atoms with Crippen LogP contribution < -0.4 is 5.56 Å². The Labute approximate surface area is 224 Å². The summed E-state index contributed by atoms with van der Waals surface area (Å²) in [6.07, 6.45) is 2.38. The molecule has 6 aromatic rings. The predicted molar refractivity (Wildman–Crippen MR) is 139 cm³/mol. The molecule has 1 aliphatic heterocycles. The first kappa shape index (κ1) is 22.4. The van der Waals surface area contributed by atoms with Gasteiger partial charge in [0.25, 0.3) is 5.56 Å². The number of benzene rings is 2. The zero-order valence-corrected chi connectivity index (χ0v) is 21.1. The number of aromatic nitrogens is 8. The summed E-state index contributed by atoms with van der Waals surface area (Å²) in [5.74, 6) is 0.211. The maximum atomic E-state index is 15.2. The molecule has 39 heavy (non-hydrogen) atoms. The zero-order chi connectivity index (χ0) is 26.4. The highest BCUT2D eigenvalue weighted by molar-refractivity contribution is 6.31. The molecule has 1 N–H and O–H groups in total. The second-order valence-electron chi connectivity index (χ2n) is 10.0. The van der Waals surface area contributed by atoms with Gasteiger partial charge in [0.05, 0.1) is 17.4 Å². The molecule has 1 aliphatic carbocycles. The number of rotatable bonds is 4. The number of H-pyrrole nitrogens is 1. The minimum Gasteiger partial charge on any atom is -0.356 e. The van der Waals surface area contributed by atoms with Crippen molar-refractivity contribution in [2.45, 2.75) is 25.3 Å². The maximum Gasteiger partial charge on any atom is 0.252 e. The third-order valence-electron chi connectivity index (χ3n) is 7.75. The summed E-state index contributed by atoms with van der Waals surface area (Å²) in [6.45, 7) is 1.85. The summed E-state index contributed by atoms with van der Waals surface area (Å²) in [4.78, 5) is 21.0. The monoisotopic (exact) mass is 540 g/mol. The summed E-state index contributed by atoms with van der Waals surface area (Å²) < 4.78 is 23.8. The zero-order valence-electron chi connectivity index (χ0n) is 20.3. The molecule has 2 aliphatic rings. The Bertz CT molecular complexity index is 1990. The van der Waals surface area contributed by atoms with Gasteiger partial charge in [-0.05, 0) is 71.7 Å². The highest BCUT2D eigenvalue weighted by Crippen LogP contribution is 2.60. The van der Waals surface area contributed by atoms with Gasteiger partial charge in [0.15, 0.2) is 5.58 Å². The van der Waals surface area contributed by atoms with Gasteiger partial charge in [0.1, 0.15) is 17.8 Å². The van der Waals surface area contributed by atoms with Gasteiger partial charge in [0.2, 0.25) is 5.95 Å². The van der Waals surface area contributed by atoms with Crippen molar-refractivity contribution in [2.24, 2.45) is 5.92 Å². The van der Waals surface area contributed by atoms with Crippen molar-refractivity contribution in [1.82, 2.24) is 39.9 Å². The molecule has 0 radical (unpaired) electrons. The topological polar surface area (TPSA) is 120 Å². The number of nitrogens with zero attached hydrogens (tertiary/aromatic N) is 7. The first-order valence-electron chi connectivity index (χ1n) is 12.4. The summed E-state index contributed by atoms with van der Waals surface area (Å²) >= 11 is 6.32. The number of nitrogens with one attached hydrogen (secondary N) is 1. The standard InChI is InChI=1S/C27H18ClFN8O2/c1-12-16-4-2-13(7-22(16)39-33-12)24-26(29)32-27(31-24)25-19-10-18(19)21-6-14(8-23(38)37(21)25)17-9-15(28)3-5-20(17)36-11-30-34-35-36/h2-9,11,18-19,25H,10H2,1H3,(H,31,32). The molecule has 5 heterocycles. The fraction of sp³-hybridized carbons (Fsp3) is 0.185. The first-order valence-corrected chi connectivity index (χ1v) is 12.8. The summed E-state index contributed by atoms with van der Waals surface area (Å²) in [7, 11) is 0. The Hall–Kier alpha value is -4.64. The highest BCUT2D eigenvalue weighted by atomic mass is 35.5. The molecular formula is C27H18ClFN8O2. The van der Waals surface area contributed by atoms with Crippen molar-refractivity contribution in [3.8, 4) is 28.1 Å². The molecule has 3 unspecified atom stereocenters. The van der Waals surface area contributed by atoms with E-state index in [2.05, 4.69) is 30.7 Å². The fourth-order valence-corrected chi connectivity index (χ4v) is 6.05. The maximum absolute atomic E-state index is 15.2. The molecule has 2 aromatic carbocycles. The van der Waals surface area contributed by atoms with Crippen LogP contribution in [0.4, 0.5) is 4.39 Å². The van der Waals surface area contributed by atoms with E-state index in [4.69, 9.17) is 16.1 Å². The lowest BCUT2D eigenvalue weighted by molar-refractivity contribution is 0.450. The Morgan fingerprint density at radius 3 is 2.87 bits per heavy atom. The quantitative estimate of drug-likeness (QED) is 0.340. The molecule has 0 spiro atoms. The summed E-state index contributed by atoms with van der Waals surface area (Å²) in [5.41, 5.74) is 4.94. The van der Waals surface area contributed by atoms with Crippen molar-refractivity contribution >= 4 is 22.6 Å². The van der Waals surface area contributed by atoms with Crippen LogP contribution in [0.5, 0.6) is 0 Å². The smallest absolute Gasteiger partial charge is 0.252 e. The van der Waals surface area contributed by atoms with E-state index < -0.39 is 5.95 Å². The Morgan fingerprint density at radius 1 is 1.13 bits per heavy atom. The summed E-state index contributed by atoms with van der Waals surface area (Å²) in [5, 5.41) is 16.8. The van der Waals surface area contributed by atoms with E-state index in [1.165, 1.54) is 11.0 Å². The normalized spacial score (nSPS) is 19.4. The summed E-state index contributed by atoms with van der Waals surface area (Å²) in [6, 6.07) is 13.9. The lowest BCUT2D eigenvalue weighted by atomic mass is 10.0. The van der Waals surface area contributed by atoms with Crippen molar-refractivity contribution in [2.75, 3.05) is 0 Å². The van der Waals surface area contributed by atoms with Crippen LogP contribution >= 0.6 is 11.6 Å². The SMILES string of the molecule is Cc1noc2cc(-c3nc(C4C5CC5c5cc(-c6cc(Cl)ccc6-n6cnnn6)cc(=O)n54)[nH]c3F)ccc12. The molecule has 0 saturated heterocycles. The Morgan fingerprint density at radius 2 is 2.03 bits per heavy atom. The molecule has 3 atom stereocenters. The number of hydrogen-bond acceptors (Lipinski definition) is 7. The molecule has 4 aromatic heterocycles. The lowest BCUT2D eigenvalue weighted by Crippen LogP contribution is -2.26. The van der Waals surface area contributed by atoms with E-state index >= 15 is 4.39 Å². The number of hydrogen-bond donors (Lipinski definition) is 1. The van der Waals surface area contributed by atoms with E-state index in [0.29, 0.717) is 33.2 Å². The first-order chi connectivity index (χ1) is 19.0. The fourth-order valence-electron chi connectivity index (χ4n) is 5.88. The van der Waals surface area contributed by atoms with Gasteiger partial charge >= 0.3 is 0 Å². The number of aromatic amines is 1. The van der Waals surface area contributed by atoms with Gasteiger partial charge in [-0.25, -0.2) is 4.98 Å². The average molecular weight is 541 g/mol. The third kappa shape index (κ3) is 3.32. The van der Waals surface area contributed by atoms with Gasteiger partial charge in [-0.15, -0.1) is 5.10 Å². The van der Waals surface area contributed by atoms with Crippen LogP contribution in [0.2, 0.25) is 5.02 Å². The largest absolute Gasteiger partial charge is 0.356 e. The molecule has 8 rings (SSSR count). The molecule has 192 valence electrons.